The van der Waals surface area contributed by atoms with Gasteiger partial charge in [0.15, 0.2) is 0 Å². The molecular formula is C18H30N4O2. The molecule has 0 radical (unpaired) electrons. The van der Waals surface area contributed by atoms with E-state index >= 15 is 0 Å². The number of hydrogen-bond donors (Lipinski definition) is 3. The van der Waals surface area contributed by atoms with Crippen LogP contribution in [0.1, 0.15) is 68.1 Å². The molecular weight excluding hydrogens is 304 g/mol. The van der Waals surface area contributed by atoms with Crippen LogP contribution in [0.5, 0.6) is 0 Å². The van der Waals surface area contributed by atoms with E-state index in [1.807, 2.05) is 6.07 Å². The van der Waals surface area contributed by atoms with Gasteiger partial charge in [-0.15, -0.1) is 0 Å². The molecule has 6 heteroatoms. The Labute approximate surface area is 144 Å². The molecule has 24 heavy (non-hydrogen) atoms. The van der Waals surface area contributed by atoms with Crippen molar-refractivity contribution in [1.82, 2.24) is 20.4 Å². The molecule has 1 saturated carbocycles. The fraction of sp³-hybridized carbons (Fsp3) is 0.778. The van der Waals surface area contributed by atoms with Gasteiger partial charge in [0.05, 0.1) is 6.10 Å². The summed E-state index contributed by atoms with van der Waals surface area (Å²) >= 11 is 0. The van der Waals surface area contributed by atoms with Crippen LogP contribution >= 0.6 is 0 Å². The fourth-order valence-corrected chi connectivity index (χ4v) is 4.03. The van der Waals surface area contributed by atoms with E-state index in [1.165, 1.54) is 6.42 Å². The largest absolute Gasteiger partial charge is 0.391 e. The van der Waals surface area contributed by atoms with Gasteiger partial charge in [0, 0.05) is 30.9 Å². The van der Waals surface area contributed by atoms with Gasteiger partial charge in [0.1, 0.15) is 5.69 Å². The zero-order valence-corrected chi connectivity index (χ0v) is 14.6. The zero-order valence-electron chi connectivity index (χ0n) is 14.6. The minimum absolute atomic E-state index is 0.0789. The number of hydrogen-bond acceptors (Lipinski definition) is 4. The second-order valence-electron chi connectivity index (χ2n) is 7.23. The first-order valence-corrected chi connectivity index (χ1v) is 9.44. The van der Waals surface area contributed by atoms with Crippen LogP contribution in [0.4, 0.5) is 0 Å². The van der Waals surface area contributed by atoms with Gasteiger partial charge in [-0.3, -0.25) is 14.8 Å². The first-order chi connectivity index (χ1) is 11.7. The van der Waals surface area contributed by atoms with Crippen molar-refractivity contribution >= 4 is 5.91 Å². The van der Waals surface area contributed by atoms with E-state index in [9.17, 15) is 9.90 Å². The van der Waals surface area contributed by atoms with E-state index < -0.39 is 0 Å². The molecule has 134 valence electrons. The highest BCUT2D eigenvalue weighted by molar-refractivity contribution is 5.92. The van der Waals surface area contributed by atoms with Gasteiger partial charge in [-0.05, 0) is 38.2 Å². The van der Waals surface area contributed by atoms with Crippen molar-refractivity contribution in [2.24, 2.45) is 0 Å². The quantitative estimate of drug-likeness (QED) is 0.768. The predicted molar refractivity (Wildman–Crippen MR) is 92.9 cm³/mol. The van der Waals surface area contributed by atoms with Crippen LogP contribution in [0.15, 0.2) is 6.07 Å². The number of amides is 1. The monoisotopic (exact) mass is 334 g/mol. The van der Waals surface area contributed by atoms with Crippen LogP contribution in [0, 0.1) is 0 Å². The lowest BCUT2D eigenvalue weighted by Crippen LogP contribution is -2.52. The molecule has 1 saturated heterocycles. The summed E-state index contributed by atoms with van der Waals surface area (Å²) in [5.74, 6) is -0.0789. The Bertz CT molecular complexity index is 537. The van der Waals surface area contributed by atoms with E-state index in [-0.39, 0.29) is 18.1 Å². The zero-order chi connectivity index (χ0) is 16.9. The minimum Gasteiger partial charge on any atom is -0.391 e. The third-order valence-electron chi connectivity index (χ3n) is 5.41. The highest BCUT2D eigenvalue weighted by atomic mass is 16.3. The molecule has 0 bridgehead atoms. The van der Waals surface area contributed by atoms with Crippen LogP contribution in [0.2, 0.25) is 0 Å². The number of carbonyl (C=O) groups is 1. The van der Waals surface area contributed by atoms with Crippen LogP contribution in [0.25, 0.3) is 0 Å². The van der Waals surface area contributed by atoms with Gasteiger partial charge in [-0.25, -0.2) is 0 Å². The summed E-state index contributed by atoms with van der Waals surface area (Å²) < 4.78 is 0. The summed E-state index contributed by atoms with van der Waals surface area (Å²) in [6.07, 6.45) is 8.07. The smallest absolute Gasteiger partial charge is 0.271 e. The molecule has 1 amide bonds. The van der Waals surface area contributed by atoms with Crippen LogP contribution < -0.4 is 5.32 Å². The lowest BCUT2D eigenvalue weighted by molar-refractivity contribution is 0.00726. The number of aromatic nitrogens is 2. The molecule has 1 aliphatic carbocycles. The van der Waals surface area contributed by atoms with E-state index in [1.54, 1.807) is 0 Å². The Kier molecular flexibility index (Phi) is 5.89. The highest BCUT2D eigenvalue weighted by Gasteiger charge is 2.31. The molecule has 0 aromatic carbocycles. The van der Waals surface area contributed by atoms with Crippen molar-refractivity contribution < 1.29 is 9.90 Å². The van der Waals surface area contributed by atoms with Gasteiger partial charge in [0.2, 0.25) is 0 Å². The van der Waals surface area contributed by atoms with Crippen molar-refractivity contribution in [2.75, 3.05) is 13.1 Å². The number of aromatic amines is 1. The van der Waals surface area contributed by atoms with Crippen LogP contribution in [0.3, 0.4) is 0 Å². The van der Waals surface area contributed by atoms with Gasteiger partial charge in [0.25, 0.3) is 5.91 Å². The Balaban J connectivity index is 1.47. The number of nitrogens with one attached hydrogen (secondary N) is 2. The molecule has 3 N–H and O–H groups in total. The molecule has 2 fully saturated rings. The van der Waals surface area contributed by atoms with Crippen molar-refractivity contribution in [2.45, 2.75) is 76.5 Å². The normalized spacial score (nSPS) is 26.4. The lowest BCUT2D eigenvalue weighted by atomic mass is 9.89. The SMILES string of the molecule is CCCc1cc(C(=O)NC2CCN(C3CCCCC3O)CC2)n[nH]1. The van der Waals surface area contributed by atoms with Crippen molar-refractivity contribution in [1.29, 1.82) is 0 Å². The van der Waals surface area contributed by atoms with Crippen molar-refractivity contribution in [3.05, 3.63) is 17.5 Å². The maximum Gasteiger partial charge on any atom is 0.271 e. The van der Waals surface area contributed by atoms with Gasteiger partial charge in [-0.2, -0.15) is 5.10 Å². The summed E-state index contributed by atoms with van der Waals surface area (Å²) in [4.78, 5) is 14.7. The Morgan fingerprint density at radius 1 is 1.33 bits per heavy atom. The van der Waals surface area contributed by atoms with E-state index in [0.29, 0.717) is 11.7 Å². The molecule has 1 aromatic heterocycles. The van der Waals surface area contributed by atoms with Crippen LogP contribution in [-0.4, -0.2) is 57.4 Å². The number of aliphatic hydroxyl groups excluding tert-OH is 1. The maximum atomic E-state index is 12.3. The molecule has 1 aromatic rings. The summed E-state index contributed by atoms with van der Waals surface area (Å²) in [6.45, 7) is 4.01. The number of nitrogens with zero attached hydrogens (tertiary/aromatic N) is 2. The summed E-state index contributed by atoms with van der Waals surface area (Å²) in [5.41, 5.74) is 1.51. The summed E-state index contributed by atoms with van der Waals surface area (Å²) in [5, 5.41) is 20.4. The highest BCUT2D eigenvalue weighted by Crippen LogP contribution is 2.25. The number of likely N-dealkylation sites (tertiary alicyclic amines) is 1. The second kappa shape index (κ2) is 8.12. The molecule has 2 atom stereocenters. The first-order valence-electron chi connectivity index (χ1n) is 9.44. The van der Waals surface area contributed by atoms with E-state index in [2.05, 4.69) is 27.3 Å². The third kappa shape index (κ3) is 4.16. The molecule has 2 unspecified atom stereocenters. The van der Waals surface area contributed by atoms with E-state index in [4.69, 9.17) is 0 Å². The number of carbonyl (C=O) groups excluding carboxylic acids is 1. The van der Waals surface area contributed by atoms with Crippen molar-refractivity contribution in [3.63, 3.8) is 0 Å². The Morgan fingerprint density at radius 3 is 2.79 bits per heavy atom. The Morgan fingerprint density at radius 2 is 2.08 bits per heavy atom. The van der Waals surface area contributed by atoms with Gasteiger partial charge in [-0.1, -0.05) is 26.2 Å². The molecule has 2 heterocycles. The number of piperidine rings is 1. The molecule has 6 nitrogen and oxygen atoms in total. The number of H-pyrrole nitrogens is 1. The van der Waals surface area contributed by atoms with E-state index in [0.717, 1.165) is 63.7 Å². The first kappa shape index (κ1) is 17.4. The standard InChI is InChI=1S/C18H30N4O2/c1-2-5-14-12-15(21-20-14)18(24)19-13-8-10-22(11-9-13)16-6-3-4-7-17(16)23/h12-13,16-17,23H,2-11H2,1H3,(H,19,24)(H,20,21). The number of aliphatic hydroxyl groups is 1. The van der Waals surface area contributed by atoms with Crippen LogP contribution in [-0.2, 0) is 6.42 Å². The molecule has 0 spiro atoms. The number of rotatable bonds is 5. The topological polar surface area (TPSA) is 81.2 Å². The maximum absolute atomic E-state index is 12.3. The Hall–Kier alpha value is -1.40. The fourth-order valence-electron chi connectivity index (χ4n) is 4.03. The summed E-state index contributed by atoms with van der Waals surface area (Å²) in [6, 6.07) is 2.38. The average molecular weight is 334 g/mol. The third-order valence-corrected chi connectivity index (χ3v) is 5.41. The molecule has 1 aliphatic heterocycles. The minimum atomic E-state index is -0.175. The lowest BCUT2D eigenvalue weighted by Gasteiger charge is -2.41. The molecule has 2 aliphatic rings. The second-order valence-corrected chi connectivity index (χ2v) is 7.23. The molecule has 3 rings (SSSR count). The summed E-state index contributed by atoms with van der Waals surface area (Å²) in [7, 11) is 0. The van der Waals surface area contributed by atoms with Gasteiger partial charge < -0.3 is 10.4 Å². The number of aryl methyl sites for hydroxylation is 1. The van der Waals surface area contributed by atoms with Gasteiger partial charge >= 0.3 is 0 Å². The average Bonchev–Trinajstić information content (AvgIpc) is 3.05. The van der Waals surface area contributed by atoms with Crippen molar-refractivity contribution in [3.8, 4) is 0 Å². The predicted octanol–water partition coefficient (Wildman–Crippen LogP) is 1.86.